The highest BCUT2D eigenvalue weighted by Gasteiger charge is 2.27. The van der Waals surface area contributed by atoms with E-state index in [0.29, 0.717) is 19.4 Å². The van der Waals surface area contributed by atoms with Gasteiger partial charge in [0.25, 0.3) is 0 Å². The summed E-state index contributed by atoms with van der Waals surface area (Å²) >= 11 is 1.48. The molecule has 1 aliphatic rings. The van der Waals surface area contributed by atoms with Gasteiger partial charge in [-0.2, -0.15) is 0 Å². The summed E-state index contributed by atoms with van der Waals surface area (Å²) in [7, 11) is 0. The van der Waals surface area contributed by atoms with Gasteiger partial charge in [-0.15, -0.1) is 11.3 Å². The summed E-state index contributed by atoms with van der Waals surface area (Å²) < 4.78 is 0. The Labute approximate surface area is 145 Å². The molecule has 126 valence electrons. The minimum atomic E-state index is 0.00262. The molecule has 2 amide bonds. The van der Waals surface area contributed by atoms with Gasteiger partial charge in [0.2, 0.25) is 11.8 Å². The van der Waals surface area contributed by atoms with Crippen LogP contribution < -0.4 is 5.32 Å². The molecule has 3 rings (SSSR count). The first kappa shape index (κ1) is 16.6. The summed E-state index contributed by atoms with van der Waals surface area (Å²) in [6.45, 7) is 1.33. The van der Waals surface area contributed by atoms with E-state index in [1.54, 1.807) is 11.7 Å². The maximum atomic E-state index is 12.3. The summed E-state index contributed by atoms with van der Waals surface area (Å²) in [4.78, 5) is 31.1. The lowest BCUT2D eigenvalue weighted by Crippen LogP contribution is -2.39. The summed E-state index contributed by atoms with van der Waals surface area (Å²) in [5, 5.41) is 3.02. The number of benzene rings is 1. The monoisotopic (exact) mass is 343 g/mol. The minimum absolute atomic E-state index is 0.00262. The van der Waals surface area contributed by atoms with E-state index in [-0.39, 0.29) is 17.9 Å². The Hall–Kier alpha value is -2.21. The number of hydrogen-bond donors (Lipinski definition) is 1. The van der Waals surface area contributed by atoms with E-state index in [1.807, 2.05) is 35.2 Å². The van der Waals surface area contributed by atoms with Crippen LogP contribution >= 0.6 is 11.3 Å². The topological polar surface area (TPSA) is 62.3 Å². The van der Waals surface area contributed by atoms with Crippen molar-refractivity contribution in [3.8, 4) is 0 Å². The van der Waals surface area contributed by atoms with Crippen LogP contribution in [-0.4, -0.2) is 40.8 Å². The Morgan fingerprint density at radius 3 is 2.88 bits per heavy atom. The van der Waals surface area contributed by atoms with Crippen LogP contribution in [0.15, 0.2) is 42.0 Å². The number of carbonyl (C=O) groups excluding carboxylic acids is 2. The van der Waals surface area contributed by atoms with Crippen LogP contribution in [0.2, 0.25) is 0 Å². The maximum absolute atomic E-state index is 12.3. The number of likely N-dealkylation sites (tertiary alicyclic amines) is 1. The van der Waals surface area contributed by atoms with Crippen LogP contribution in [0.4, 0.5) is 0 Å². The summed E-state index contributed by atoms with van der Waals surface area (Å²) in [5.41, 5.74) is 2.91. The molecule has 5 nitrogen and oxygen atoms in total. The van der Waals surface area contributed by atoms with Crippen LogP contribution in [0.1, 0.15) is 23.3 Å². The van der Waals surface area contributed by atoms with Crippen LogP contribution in [0.3, 0.4) is 0 Å². The fourth-order valence-corrected chi connectivity index (χ4v) is 3.52. The second kappa shape index (κ2) is 8.06. The number of nitrogens with one attached hydrogen (secondary N) is 1. The molecular formula is C18H21N3O2S. The van der Waals surface area contributed by atoms with Crippen LogP contribution in [0, 0.1) is 0 Å². The molecule has 1 N–H and O–H groups in total. The molecule has 0 bridgehead atoms. The van der Waals surface area contributed by atoms with Crippen LogP contribution in [-0.2, 0) is 22.4 Å². The first-order valence-corrected chi connectivity index (χ1v) is 9.07. The lowest BCUT2D eigenvalue weighted by atomic mass is 10.1. The average Bonchev–Trinajstić information content (AvgIpc) is 3.25. The summed E-state index contributed by atoms with van der Waals surface area (Å²) in [6.07, 6.45) is 4.19. The van der Waals surface area contributed by atoms with E-state index >= 15 is 0 Å². The van der Waals surface area contributed by atoms with Crippen molar-refractivity contribution in [2.75, 3.05) is 13.1 Å². The summed E-state index contributed by atoms with van der Waals surface area (Å²) in [6, 6.07) is 10.1. The standard InChI is InChI=1S/C18H21N3O2S/c22-17(10-16-11-19-13-24-16)20-15-8-9-21(12-15)18(23)7-6-14-4-2-1-3-5-14/h1-5,11,13,15H,6-10,12H2,(H,20,22). The number of aryl methyl sites for hydroxylation is 1. The Balaban J connectivity index is 1.41. The number of aromatic nitrogens is 1. The van der Waals surface area contributed by atoms with Crippen molar-refractivity contribution in [2.24, 2.45) is 0 Å². The van der Waals surface area contributed by atoms with Crippen LogP contribution in [0.25, 0.3) is 0 Å². The molecule has 1 aliphatic heterocycles. The number of rotatable bonds is 6. The van der Waals surface area contributed by atoms with Crippen molar-refractivity contribution in [2.45, 2.75) is 31.7 Å². The zero-order valence-electron chi connectivity index (χ0n) is 13.5. The van der Waals surface area contributed by atoms with Gasteiger partial charge in [0, 0.05) is 36.6 Å². The molecule has 1 atom stereocenters. The Kier molecular flexibility index (Phi) is 5.59. The van der Waals surface area contributed by atoms with Gasteiger partial charge in [-0.05, 0) is 18.4 Å². The van der Waals surface area contributed by atoms with Gasteiger partial charge in [-0.25, -0.2) is 0 Å². The number of thiazole rings is 1. The highest BCUT2D eigenvalue weighted by Crippen LogP contribution is 2.13. The van der Waals surface area contributed by atoms with E-state index in [4.69, 9.17) is 0 Å². The fraction of sp³-hybridized carbons (Fsp3) is 0.389. The van der Waals surface area contributed by atoms with Crippen LogP contribution in [0.5, 0.6) is 0 Å². The molecule has 2 heterocycles. The zero-order valence-corrected chi connectivity index (χ0v) is 14.3. The molecule has 1 aromatic heterocycles. The van der Waals surface area contributed by atoms with E-state index in [0.717, 1.165) is 24.3 Å². The quantitative estimate of drug-likeness (QED) is 0.873. The third-order valence-electron chi connectivity index (χ3n) is 4.19. The number of carbonyl (C=O) groups is 2. The molecule has 0 spiro atoms. The normalized spacial score (nSPS) is 17.0. The van der Waals surface area contributed by atoms with Crippen molar-refractivity contribution < 1.29 is 9.59 Å². The molecule has 0 radical (unpaired) electrons. The molecule has 1 aromatic carbocycles. The van der Waals surface area contributed by atoms with E-state index < -0.39 is 0 Å². The third-order valence-corrected chi connectivity index (χ3v) is 4.97. The fourth-order valence-electron chi connectivity index (χ4n) is 2.93. The molecule has 2 aromatic rings. The number of amides is 2. The highest BCUT2D eigenvalue weighted by atomic mass is 32.1. The van der Waals surface area contributed by atoms with Crippen molar-refractivity contribution in [1.82, 2.24) is 15.2 Å². The number of nitrogens with zero attached hydrogens (tertiary/aromatic N) is 2. The second-order valence-corrected chi connectivity index (χ2v) is 6.99. The average molecular weight is 343 g/mol. The van der Waals surface area contributed by atoms with Crippen molar-refractivity contribution in [3.63, 3.8) is 0 Å². The molecule has 1 unspecified atom stereocenters. The maximum Gasteiger partial charge on any atom is 0.225 e. The Bertz CT molecular complexity index is 673. The van der Waals surface area contributed by atoms with E-state index in [2.05, 4.69) is 10.3 Å². The van der Waals surface area contributed by atoms with E-state index in [1.165, 1.54) is 16.9 Å². The van der Waals surface area contributed by atoms with Crippen molar-refractivity contribution in [1.29, 1.82) is 0 Å². The van der Waals surface area contributed by atoms with Gasteiger partial charge in [-0.1, -0.05) is 30.3 Å². The molecule has 1 fully saturated rings. The minimum Gasteiger partial charge on any atom is -0.351 e. The smallest absolute Gasteiger partial charge is 0.225 e. The molecule has 1 saturated heterocycles. The first-order valence-electron chi connectivity index (χ1n) is 8.19. The molecule has 6 heteroatoms. The molecule has 24 heavy (non-hydrogen) atoms. The van der Waals surface area contributed by atoms with Gasteiger partial charge >= 0.3 is 0 Å². The zero-order chi connectivity index (χ0) is 16.8. The Morgan fingerprint density at radius 1 is 1.29 bits per heavy atom. The SMILES string of the molecule is O=C(Cc1cncs1)NC1CCN(C(=O)CCc2ccccc2)C1. The predicted molar refractivity (Wildman–Crippen MR) is 93.7 cm³/mol. The van der Waals surface area contributed by atoms with Crippen molar-refractivity contribution >= 4 is 23.2 Å². The largest absolute Gasteiger partial charge is 0.351 e. The lowest BCUT2D eigenvalue weighted by Gasteiger charge is -2.17. The van der Waals surface area contributed by atoms with Gasteiger partial charge in [0.05, 0.1) is 11.9 Å². The lowest BCUT2D eigenvalue weighted by molar-refractivity contribution is -0.130. The van der Waals surface area contributed by atoms with Gasteiger partial charge in [-0.3, -0.25) is 14.6 Å². The van der Waals surface area contributed by atoms with Gasteiger partial charge in [0.1, 0.15) is 0 Å². The second-order valence-electron chi connectivity index (χ2n) is 6.02. The molecule has 0 saturated carbocycles. The first-order chi connectivity index (χ1) is 11.7. The predicted octanol–water partition coefficient (Wildman–Crippen LogP) is 2.04. The number of hydrogen-bond acceptors (Lipinski definition) is 4. The Morgan fingerprint density at radius 2 is 2.12 bits per heavy atom. The van der Waals surface area contributed by atoms with E-state index in [9.17, 15) is 9.59 Å². The molecule has 0 aliphatic carbocycles. The highest BCUT2D eigenvalue weighted by molar-refractivity contribution is 7.09. The van der Waals surface area contributed by atoms with Gasteiger partial charge in [0.15, 0.2) is 0 Å². The van der Waals surface area contributed by atoms with Gasteiger partial charge < -0.3 is 10.2 Å². The van der Waals surface area contributed by atoms with Crippen molar-refractivity contribution in [3.05, 3.63) is 52.5 Å². The molecular weight excluding hydrogens is 322 g/mol. The third kappa shape index (κ3) is 4.64. The summed E-state index contributed by atoms with van der Waals surface area (Å²) in [5.74, 6) is 0.167.